The first kappa shape index (κ1) is 22.9. The largest absolute Gasteiger partial charge is 0.481 e. The van der Waals surface area contributed by atoms with Gasteiger partial charge in [-0.3, -0.25) is 4.79 Å². The Kier molecular flexibility index (Phi) is 5.92. The van der Waals surface area contributed by atoms with Gasteiger partial charge in [-0.05, 0) is 44.9 Å². The molecule has 2 aromatic heterocycles. The molecule has 1 aliphatic carbocycles. The molecule has 0 bridgehead atoms. The van der Waals surface area contributed by atoms with Crippen LogP contribution in [0.1, 0.15) is 94.5 Å². The molecule has 2 fully saturated rings. The molecule has 8 heteroatoms. The lowest BCUT2D eigenvalue weighted by Crippen LogP contribution is -2.48. The quantitative estimate of drug-likeness (QED) is 0.651. The zero-order valence-electron chi connectivity index (χ0n) is 19.5. The molecule has 0 aromatic carbocycles. The number of anilines is 1. The number of carboxylic acid groups (broad SMARTS) is 1. The molecule has 32 heavy (non-hydrogen) atoms. The second-order valence-electron chi connectivity index (χ2n) is 10.0. The molecule has 2 aliphatic rings. The van der Waals surface area contributed by atoms with Gasteiger partial charge in [0, 0.05) is 49.2 Å². The van der Waals surface area contributed by atoms with Crippen molar-refractivity contribution in [3.8, 4) is 0 Å². The number of nitrogens with zero attached hydrogens (tertiary/aromatic N) is 4. The summed E-state index contributed by atoms with van der Waals surface area (Å²) < 4.78 is 29.2. The summed E-state index contributed by atoms with van der Waals surface area (Å²) in [5.74, 6) is -2.22. The fourth-order valence-corrected chi connectivity index (χ4v) is 5.58. The predicted molar refractivity (Wildman–Crippen MR) is 120 cm³/mol. The van der Waals surface area contributed by atoms with Gasteiger partial charge in [-0.1, -0.05) is 20.8 Å². The highest BCUT2D eigenvalue weighted by molar-refractivity contribution is 5.76. The number of carboxylic acids is 1. The van der Waals surface area contributed by atoms with Crippen molar-refractivity contribution in [3.63, 3.8) is 0 Å². The molecule has 1 atom stereocenters. The van der Waals surface area contributed by atoms with Crippen LogP contribution in [0.15, 0.2) is 6.07 Å². The maximum Gasteiger partial charge on any atom is 0.311 e. The van der Waals surface area contributed by atoms with Crippen LogP contribution in [0.3, 0.4) is 0 Å². The average Bonchev–Trinajstić information content (AvgIpc) is 3.15. The topological polar surface area (TPSA) is 70.7 Å². The standard InChI is InChI=1S/C24H34F2N4O2/c1-5-23(22(31)32)9-6-12-29(14-23)21-20(15(2)3)16(4)27-19-13-18(28-30(19)21)17-7-10-24(25,26)11-8-17/h13,15,17H,5-12,14H2,1-4H3,(H,31,32)/t23-/m0/s1. The van der Waals surface area contributed by atoms with Crippen molar-refractivity contribution in [2.75, 3.05) is 18.0 Å². The van der Waals surface area contributed by atoms with Gasteiger partial charge in [0.05, 0.1) is 11.1 Å². The molecule has 0 unspecified atom stereocenters. The summed E-state index contributed by atoms with van der Waals surface area (Å²) in [5.41, 5.74) is 2.72. The molecule has 176 valence electrons. The van der Waals surface area contributed by atoms with E-state index in [9.17, 15) is 18.7 Å². The molecule has 0 radical (unpaired) electrons. The Bertz CT molecular complexity index is 1010. The second-order valence-corrected chi connectivity index (χ2v) is 10.0. The highest BCUT2D eigenvalue weighted by Crippen LogP contribution is 2.42. The normalized spacial score (nSPS) is 24.4. The third kappa shape index (κ3) is 3.97. The lowest BCUT2D eigenvalue weighted by molar-refractivity contribution is -0.149. The van der Waals surface area contributed by atoms with Crippen LogP contribution in [-0.2, 0) is 4.79 Å². The van der Waals surface area contributed by atoms with Gasteiger partial charge in [0.25, 0.3) is 0 Å². The number of rotatable bonds is 5. The van der Waals surface area contributed by atoms with Crippen LogP contribution in [0.5, 0.6) is 0 Å². The van der Waals surface area contributed by atoms with E-state index in [-0.39, 0.29) is 24.7 Å². The first-order valence-electron chi connectivity index (χ1n) is 11.8. The van der Waals surface area contributed by atoms with Gasteiger partial charge < -0.3 is 10.0 Å². The highest BCUT2D eigenvalue weighted by Gasteiger charge is 2.42. The first-order valence-corrected chi connectivity index (χ1v) is 11.8. The Balaban J connectivity index is 1.80. The fourth-order valence-electron chi connectivity index (χ4n) is 5.58. The number of aromatic nitrogens is 3. The van der Waals surface area contributed by atoms with E-state index in [0.717, 1.165) is 35.7 Å². The van der Waals surface area contributed by atoms with Gasteiger partial charge in [-0.2, -0.15) is 9.61 Å². The number of piperidine rings is 1. The molecule has 1 saturated carbocycles. The zero-order valence-corrected chi connectivity index (χ0v) is 19.5. The molecule has 2 aromatic rings. The minimum atomic E-state index is -2.57. The van der Waals surface area contributed by atoms with Crippen molar-refractivity contribution in [1.29, 1.82) is 0 Å². The van der Waals surface area contributed by atoms with Crippen molar-refractivity contribution < 1.29 is 18.7 Å². The van der Waals surface area contributed by atoms with Crippen LogP contribution in [0.25, 0.3) is 5.65 Å². The summed E-state index contributed by atoms with van der Waals surface area (Å²) in [6, 6.07) is 1.93. The van der Waals surface area contributed by atoms with Gasteiger partial charge in [-0.25, -0.2) is 13.8 Å². The molecule has 1 N–H and O–H groups in total. The van der Waals surface area contributed by atoms with Crippen LogP contribution in [0, 0.1) is 12.3 Å². The monoisotopic (exact) mass is 448 g/mol. The van der Waals surface area contributed by atoms with Crippen molar-refractivity contribution >= 4 is 17.4 Å². The van der Waals surface area contributed by atoms with E-state index in [1.165, 1.54) is 0 Å². The second kappa shape index (κ2) is 8.27. The smallest absolute Gasteiger partial charge is 0.311 e. The first-order chi connectivity index (χ1) is 15.1. The summed E-state index contributed by atoms with van der Waals surface area (Å²) in [7, 11) is 0. The van der Waals surface area contributed by atoms with Crippen LogP contribution >= 0.6 is 0 Å². The Labute approximate surface area is 188 Å². The zero-order chi connectivity index (χ0) is 23.3. The fraction of sp³-hybridized carbons (Fsp3) is 0.708. The minimum Gasteiger partial charge on any atom is -0.481 e. The van der Waals surface area contributed by atoms with Gasteiger partial charge in [-0.15, -0.1) is 0 Å². The van der Waals surface area contributed by atoms with Crippen LogP contribution in [-0.4, -0.2) is 44.7 Å². The third-order valence-corrected chi connectivity index (χ3v) is 7.54. The Morgan fingerprint density at radius 1 is 1.28 bits per heavy atom. The predicted octanol–water partition coefficient (Wildman–Crippen LogP) is 5.54. The summed E-state index contributed by atoms with van der Waals surface area (Å²) in [4.78, 5) is 19.1. The average molecular weight is 449 g/mol. The summed E-state index contributed by atoms with van der Waals surface area (Å²) >= 11 is 0. The lowest BCUT2D eigenvalue weighted by atomic mass is 9.77. The molecule has 1 aliphatic heterocycles. The molecular formula is C24H34F2N4O2. The molecule has 1 saturated heterocycles. The van der Waals surface area contributed by atoms with E-state index in [2.05, 4.69) is 18.7 Å². The number of hydrogen-bond acceptors (Lipinski definition) is 4. The molecular weight excluding hydrogens is 414 g/mol. The number of fused-ring (bicyclic) bond motifs is 1. The maximum atomic E-state index is 13.7. The molecule has 3 heterocycles. The number of aliphatic carboxylic acids is 1. The van der Waals surface area contributed by atoms with Crippen molar-refractivity contribution in [1.82, 2.24) is 14.6 Å². The van der Waals surface area contributed by atoms with E-state index >= 15 is 0 Å². The van der Waals surface area contributed by atoms with Gasteiger partial charge in [0.1, 0.15) is 5.82 Å². The minimum absolute atomic E-state index is 0.00193. The van der Waals surface area contributed by atoms with Crippen molar-refractivity contribution in [3.05, 3.63) is 23.0 Å². The number of halogens is 2. The molecule has 0 amide bonds. The SMILES string of the molecule is CC[C@]1(C(=O)O)CCCN(c2c(C(C)C)c(C)nc3cc(C4CCC(F)(F)CC4)nn23)C1. The summed E-state index contributed by atoms with van der Waals surface area (Å²) in [6.45, 7) is 9.35. The van der Waals surface area contributed by atoms with Gasteiger partial charge in [0.2, 0.25) is 5.92 Å². The van der Waals surface area contributed by atoms with E-state index < -0.39 is 17.3 Å². The van der Waals surface area contributed by atoms with Crippen LogP contribution in [0.2, 0.25) is 0 Å². The number of carbonyl (C=O) groups is 1. The molecule has 4 rings (SSSR count). The van der Waals surface area contributed by atoms with Crippen molar-refractivity contribution in [2.24, 2.45) is 5.41 Å². The third-order valence-electron chi connectivity index (χ3n) is 7.54. The summed E-state index contributed by atoms with van der Waals surface area (Å²) in [6.07, 6.45) is 2.67. The Morgan fingerprint density at radius 3 is 2.56 bits per heavy atom. The van der Waals surface area contributed by atoms with E-state index in [0.29, 0.717) is 37.9 Å². The van der Waals surface area contributed by atoms with Crippen LogP contribution < -0.4 is 4.90 Å². The van der Waals surface area contributed by atoms with Crippen LogP contribution in [0.4, 0.5) is 14.6 Å². The van der Waals surface area contributed by atoms with E-state index in [4.69, 9.17) is 10.1 Å². The van der Waals surface area contributed by atoms with Crippen molar-refractivity contribution in [2.45, 2.75) is 90.4 Å². The maximum absolute atomic E-state index is 13.7. The van der Waals surface area contributed by atoms with E-state index in [1.54, 1.807) is 0 Å². The molecule has 6 nitrogen and oxygen atoms in total. The highest BCUT2D eigenvalue weighted by atomic mass is 19.3. The number of alkyl halides is 2. The van der Waals surface area contributed by atoms with E-state index in [1.807, 2.05) is 24.4 Å². The Hall–Kier alpha value is -2.25. The van der Waals surface area contributed by atoms with Gasteiger partial charge in [0.15, 0.2) is 5.65 Å². The molecule has 0 spiro atoms. The number of aryl methyl sites for hydroxylation is 1. The Morgan fingerprint density at radius 2 is 1.97 bits per heavy atom. The lowest BCUT2D eigenvalue weighted by Gasteiger charge is -2.41. The number of hydrogen-bond donors (Lipinski definition) is 1. The summed E-state index contributed by atoms with van der Waals surface area (Å²) in [5, 5.41) is 14.9. The van der Waals surface area contributed by atoms with Gasteiger partial charge >= 0.3 is 5.97 Å².